The molecule has 2 aromatic carbocycles. The third-order valence-electron chi connectivity index (χ3n) is 7.61. The Hall–Kier alpha value is -4.24. The lowest BCUT2D eigenvalue weighted by Crippen LogP contribution is -2.31. The molecule has 0 aliphatic heterocycles. The molecule has 0 unspecified atom stereocenters. The van der Waals surface area contributed by atoms with E-state index >= 15 is 0 Å². The van der Waals surface area contributed by atoms with E-state index in [2.05, 4.69) is 4.57 Å². The molecule has 4 aromatic rings. The van der Waals surface area contributed by atoms with Gasteiger partial charge in [-0.15, -0.1) is 11.6 Å². The normalized spacial score (nSPS) is 12.2. The Bertz CT molecular complexity index is 1660. The van der Waals surface area contributed by atoms with Crippen molar-refractivity contribution in [2.45, 2.75) is 51.8 Å². The first-order valence-corrected chi connectivity index (χ1v) is 14.4. The summed E-state index contributed by atoms with van der Waals surface area (Å²) < 4.78 is 26.2. The van der Waals surface area contributed by atoms with E-state index in [-0.39, 0.29) is 30.3 Å². The van der Waals surface area contributed by atoms with Crippen molar-refractivity contribution in [3.63, 3.8) is 0 Å². The SMILES string of the molecule is CCn1c(CCl)nc2c1CCCc1c(OCc3ccccc3)c(C(=O)OC)c(=O)n(Cc3ccc(OC)cc3OC)c1-2. The summed E-state index contributed by atoms with van der Waals surface area (Å²) in [6.45, 7) is 3.03. The van der Waals surface area contributed by atoms with Crippen molar-refractivity contribution in [3.8, 4) is 28.6 Å². The fraction of sp³-hybridized carbons (Fsp3) is 0.344. The van der Waals surface area contributed by atoms with Crippen molar-refractivity contribution >= 4 is 17.6 Å². The van der Waals surface area contributed by atoms with Crippen LogP contribution in [0.25, 0.3) is 11.4 Å². The lowest BCUT2D eigenvalue weighted by molar-refractivity contribution is 0.0592. The summed E-state index contributed by atoms with van der Waals surface area (Å²) >= 11 is 6.34. The van der Waals surface area contributed by atoms with Gasteiger partial charge in [0.2, 0.25) is 0 Å². The van der Waals surface area contributed by atoms with Crippen molar-refractivity contribution in [2.75, 3.05) is 21.3 Å². The molecule has 0 N–H and O–H groups in total. The quantitative estimate of drug-likeness (QED) is 0.180. The molecule has 10 heteroatoms. The summed E-state index contributed by atoms with van der Waals surface area (Å²) in [6, 6.07) is 15.0. The molecule has 2 heterocycles. The molecule has 0 bridgehead atoms. The number of hydrogen-bond donors (Lipinski definition) is 0. The Labute approximate surface area is 249 Å². The van der Waals surface area contributed by atoms with Gasteiger partial charge in [-0.2, -0.15) is 0 Å². The summed E-state index contributed by atoms with van der Waals surface area (Å²) in [4.78, 5) is 32.6. The third kappa shape index (κ3) is 5.36. The second kappa shape index (κ2) is 12.7. The molecule has 1 aliphatic carbocycles. The zero-order valence-electron chi connectivity index (χ0n) is 24.2. The predicted molar refractivity (Wildman–Crippen MR) is 160 cm³/mol. The van der Waals surface area contributed by atoms with Gasteiger partial charge in [0.05, 0.1) is 39.4 Å². The van der Waals surface area contributed by atoms with E-state index in [4.69, 9.17) is 35.5 Å². The second-order valence-corrected chi connectivity index (χ2v) is 10.2. The minimum atomic E-state index is -0.758. The Morgan fingerprint density at radius 2 is 1.81 bits per heavy atom. The Balaban J connectivity index is 1.81. The van der Waals surface area contributed by atoms with Crippen LogP contribution in [0.2, 0.25) is 0 Å². The largest absolute Gasteiger partial charge is 0.497 e. The summed E-state index contributed by atoms with van der Waals surface area (Å²) in [5.74, 6) is 1.60. The molecule has 0 fully saturated rings. The fourth-order valence-corrected chi connectivity index (χ4v) is 5.83. The molecule has 42 heavy (non-hydrogen) atoms. The van der Waals surface area contributed by atoms with Gasteiger partial charge < -0.3 is 28.1 Å². The number of pyridine rings is 1. The minimum Gasteiger partial charge on any atom is -0.497 e. The number of halogens is 1. The van der Waals surface area contributed by atoms with Gasteiger partial charge in [-0.1, -0.05) is 30.3 Å². The number of imidazole rings is 1. The number of alkyl halides is 1. The van der Waals surface area contributed by atoms with Crippen LogP contribution in [0.15, 0.2) is 53.3 Å². The molecule has 0 saturated carbocycles. The molecule has 9 nitrogen and oxygen atoms in total. The summed E-state index contributed by atoms with van der Waals surface area (Å²) in [5, 5.41) is 0. The van der Waals surface area contributed by atoms with Crippen LogP contribution in [0, 0.1) is 0 Å². The van der Waals surface area contributed by atoms with Crippen LogP contribution in [0.5, 0.6) is 17.2 Å². The number of nitrogens with zero attached hydrogens (tertiary/aromatic N) is 3. The maximum absolute atomic E-state index is 14.4. The number of hydrogen-bond acceptors (Lipinski definition) is 7. The van der Waals surface area contributed by atoms with Crippen molar-refractivity contribution in [1.29, 1.82) is 0 Å². The highest BCUT2D eigenvalue weighted by atomic mass is 35.5. The van der Waals surface area contributed by atoms with Crippen LogP contribution < -0.4 is 19.8 Å². The number of methoxy groups -OCH3 is 3. The number of benzene rings is 2. The highest BCUT2D eigenvalue weighted by molar-refractivity contribution is 6.16. The van der Waals surface area contributed by atoms with E-state index in [0.717, 1.165) is 41.1 Å². The van der Waals surface area contributed by atoms with Crippen LogP contribution in [-0.2, 0) is 43.2 Å². The van der Waals surface area contributed by atoms with Crippen molar-refractivity contribution < 1.29 is 23.7 Å². The number of fused-ring (bicyclic) bond motifs is 3. The molecule has 0 amide bonds. The molecule has 0 atom stereocenters. The van der Waals surface area contributed by atoms with Crippen LogP contribution >= 0.6 is 11.6 Å². The Morgan fingerprint density at radius 3 is 2.48 bits per heavy atom. The zero-order valence-corrected chi connectivity index (χ0v) is 25.0. The number of aromatic nitrogens is 3. The topological polar surface area (TPSA) is 93.8 Å². The molecule has 0 saturated heterocycles. The smallest absolute Gasteiger partial charge is 0.347 e. The molecular formula is C32H34ClN3O6. The molecule has 1 aliphatic rings. The Morgan fingerprint density at radius 1 is 1.02 bits per heavy atom. The highest BCUT2D eigenvalue weighted by Crippen LogP contribution is 2.39. The third-order valence-corrected chi connectivity index (χ3v) is 7.85. The second-order valence-electron chi connectivity index (χ2n) is 9.92. The molecule has 220 valence electrons. The monoisotopic (exact) mass is 591 g/mol. The van der Waals surface area contributed by atoms with Crippen LogP contribution in [-0.4, -0.2) is 41.4 Å². The predicted octanol–water partition coefficient (Wildman–Crippen LogP) is 5.39. The molecule has 2 aromatic heterocycles. The zero-order chi connectivity index (χ0) is 29.8. The maximum atomic E-state index is 14.4. The highest BCUT2D eigenvalue weighted by Gasteiger charge is 2.33. The minimum absolute atomic E-state index is 0.117. The lowest BCUT2D eigenvalue weighted by atomic mass is 10.0. The molecule has 0 spiro atoms. The van der Waals surface area contributed by atoms with E-state index in [0.29, 0.717) is 35.9 Å². The number of carbonyl (C=O) groups excluding carboxylic acids is 1. The summed E-state index contributed by atoms with van der Waals surface area (Å²) in [5.41, 5.74) is 3.98. The van der Waals surface area contributed by atoms with Crippen LogP contribution in [0.1, 0.15) is 51.9 Å². The Kier molecular flexibility index (Phi) is 8.87. The molecule has 5 rings (SSSR count). The van der Waals surface area contributed by atoms with Gasteiger partial charge in [0.15, 0.2) is 5.56 Å². The first kappa shape index (κ1) is 29.3. The van der Waals surface area contributed by atoms with Gasteiger partial charge in [0.25, 0.3) is 5.56 Å². The van der Waals surface area contributed by atoms with Crippen LogP contribution in [0.3, 0.4) is 0 Å². The van der Waals surface area contributed by atoms with Crippen molar-refractivity contribution in [2.24, 2.45) is 0 Å². The molecular weight excluding hydrogens is 558 g/mol. The van der Waals surface area contributed by atoms with Crippen molar-refractivity contribution in [1.82, 2.24) is 14.1 Å². The number of esters is 1. The van der Waals surface area contributed by atoms with E-state index in [1.54, 1.807) is 24.9 Å². The lowest BCUT2D eigenvalue weighted by Gasteiger charge is -2.22. The maximum Gasteiger partial charge on any atom is 0.347 e. The first-order valence-electron chi connectivity index (χ1n) is 13.9. The van der Waals surface area contributed by atoms with Gasteiger partial charge in [-0.25, -0.2) is 9.78 Å². The van der Waals surface area contributed by atoms with E-state index in [1.807, 2.05) is 49.4 Å². The average molecular weight is 592 g/mol. The number of rotatable bonds is 10. The first-order chi connectivity index (χ1) is 20.4. The standard InChI is InChI=1S/C32H34ClN3O6/c1-5-35-24-13-9-12-23-29(28(24)34-26(35)17-33)36(18-21-14-15-22(39-2)16-25(21)40-3)31(37)27(32(38)41-4)30(23)42-19-20-10-7-6-8-11-20/h6-8,10-11,14-16H,5,9,12-13,17-19H2,1-4H3. The van der Waals surface area contributed by atoms with Gasteiger partial charge in [-0.3, -0.25) is 4.79 Å². The van der Waals surface area contributed by atoms with Gasteiger partial charge >= 0.3 is 5.97 Å². The van der Waals surface area contributed by atoms with Gasteiger partial charge in [0.1, 0.15) is 35.4 Å². The number of ether oxygens (including phenoxy) is 4. The van der Waals surface area contributed by atoms with Gasteiger partial charge in [0, 0.05) is 29.4 Å². The van der Waals surface area contributed by atoms with E-state index in [9.17, 15) is 9.59 Å². The summed E-state index contributed by atoms with van der Waals surface area (Å²) in [7, 11) is 4.41. The molecule has 0 radical (unpaired) electrons. The average Bonchev–Trinajstić information content (AvgIpc) is 3.28. The summed E-state index contributed by atoms with van der Waals surface area (Å²) in [6.07, 6.45) is 2.06. The number of carbonyl (C=O) groups is 1. The van der Waals surface area contributed by atoms with Crippen molar-refractivity contribution in [3.05, 3.63) is 92.7 Å². The van der Waals surface area contributed by atoms with Gasteiger partial charge in [-0.05, 0) is 43.9 Å². The fourth-order valence-electron chi connectivity index (χ4n) is 5.62. The van der Waals surface area contributed by atoms with E-state index < -0.39 is 11.5 Å². The van der Waals surface area contributed by atoms with E-state index in [1.165, 1.54) is 7.11 Å². The van der Waals surface area contributed by atoms with Crippen LogP contribution in [0.4, 0.5) is 0 Å².